The van der Waals surface area contributed by atoms with Crippen molar-refractivity contribution < 1.29 is 9.13 Å². The van der Waals surface area contributed by atoms with Crippen molar-refractivity contribution in [2.45, 2.75) is 6.42 Å². The number of nitrogens with zero attached hydrogens (tertiary/aromatic N) is 2. The van der Waals surface area contributed by atoms with E-state index < -0.39 is 5.95 Å². The molecule has 0 unspecified atom stereocenters. The molecule has 0 bridgehead atoms. The molecule has 0 aromatic carbocycles. The van der Waals surface area contributed by atoms with Crippen molar-refractivity contribution in [3.8, 4) is 18.2 Å². The Kier molecular flexibility index (Phi) is 3.03. The summed E-state index contributed by atoms with van der Waals surface area (Å²) in [5, 5.41) is 0. The van der Waals surface area contributed by atoms with Crippen LogP contribution in [0.2, 0.25) is 0 Å². The van der Waals surface area contributed by atoms with E-state index in [2.05, 4.69) is 15.9 Å². The van der Waals surface area contributed by atoms with E-state index >= 15 is 0 Å². The third-order valence-corrected chi connectivity index (χ3v) is 1.10. The van der Waals surface area contributed by atoms with Gasteiger partial charge >= 0.3 is 0 Å². The second-order valence-electron chi connectivity index (χ2n) is 1.98. The topological polar surface area (TPSA) is 35.0 Å². The van der Waals surface area contributed by atoms with Crippen molar-refractivity contribution in [1.82, 2.24) is 9.97 Å². The van der Waals surface area contributed by atoms with E-state index in [0.29, 0.717) is 13.0 Å². The highest BCUT2D eigenvalue weighted by Gasteiger charge is 1.96. The van der Waals surface area contributed by atoms with E-state index in [0.717, 1.165) is 12.4 Å². The SMILES string of the molecule is C#CCCOc1cc(F)ncn1. The Labute approximate surface area is 69.6 Å². The van der Waals surface area contributed by atoms with Crippen LogP contribution in [0.15, 0.2) is 12.4 Å². The molecule has 4 heteroatoms. The second-order valence-corrected chi connectivity index (χ2v) is 1.98. The zero-order chi connectivity index (χ0) is 8.81. The smallest absolute Gasteiger partial charge is 0.219 e. The Morgan fingerprint density at radius 2 is 2.42 bits per heavy atom. The minimum atomic E-state index is -0.610. The Morgan fingerprint density at radius 3 is 3.08 bits per heavy atom. The molecular formula is C8H7FN2O. The van der Waals surface area contributed by atoms with Crippen molar-refractivity contribution in [2.75, 3.05) is 6.61 Å². The number of hydrogen-bond donors (Lipinski definition) is 0. The molecule has 0 amide bonds. The molecule has 0 fully saturated rings. The number of terminal acetylenes is 1. The monoisotopic (exact) mass is 166 g/mol. The molecule has 0 saturated carbocycles. The van der Waals surface area contributed by atoms with Crippen LogP contribution < -0.4 is 4.74 Å². The van der Waals surface area contributed by atoms with Crippen molar-refractivity contribution in [3.63, 3.8) is 0 Å². The van der Waals surface area contributed by atoms with Crippen LogP contribution in [0.1, 0.15) is 6.42 Å². The summed E-state index contributed by atoms with van der Waals surface area (Å²) in [6.45, 7) is 0.340. The zero-order valence-corrected chi connectivity index (χ0v) is 6.33. The normalized spacial score (nSPS) is 9.00. The van der Waals surface area contributed by atoms with Gasteiger partial charge in [-0.1, -0.05) is 0 Å². The van der Waals surface area contributed by atoms with Gasteiger partial charge in [-0.15, -0.1) is 12.3 Å². The number of aromatic nitrogens is 2. The van der Waals surface area contributed by atoms with E-state index in [9.17, 15) is 4.39 Å². The van der Waals surface area contributed by atoms with E-state index in [1.807, 2.05) is 0 Å². The van der Waals surface area contributed by atoms with Crippen LogP contribution in [0.5, 0.6) is 5.88 Å². The van der Waals surface area contributed by atoms with E-state index in [1.165, 1.54) is 0 Å². The summed E-state index contributed by atoms with van der Waals surface area (Å²) < 4.78 is 17.4. The molecule has 1 heterocycles. The largest absolute Gasteiger partial charge is 0.476 e. The number of halogens is 1. The van der Waals surface area contributed by atoms with Crippen LogP contribution in [0, 0.1) is 18.3 Å². The maximum Gasteiger partial charge on any atom is 0.219 e. The molecule has 0 N–H and O–H groups in total. The highest BCUT2D eigenvalue weighted by Crippen LogP contribution is 2.04. The van der Waals surface area contributed by atoms with Crippen molar-refractivity contribution in [2.24, 2.45) is 0 Å². The fourth-order valence-electron chi connectivity index (χ4n) is 0.611. The van der Waals surface area contributed by atoms with Gasteiger partial charge in [-0.2, -0.15) is 4.39 Å². The molecule has 0 aliphatic carbocycles. The average molecular weight is 166 g/mol. The Bertz CT molecular complexity index is 295. The van der Waals surface area contributed by atoms with Crippen LogP contribution in [0.25, 0.3) is 0 Å². The van der Waals surface area contributed by atoms with Gasteiger partial charge in [0, 0.05) is 6.42 Å². The standard InChI is InChI=1S/C8H7FN2O/c1-2-3-4-12-8-5-7(9)10-6-11-8/h1,5-6H,3-4H2. The van der Waals surface area contributed by atoms with E-state index in [1.54, 1.807) is 0 Å². The predicted octanol–water partition coefficient (Wildman–Crippen LogP) is 1.02. The molecule has 0 atom stereocenters. The Morgan fingerprint density at radius 1 is 1.58 bits per heavy atom. The minimum absolute atomic E-state index is 0.206. The van der Waals surface area contributed by atoms with Gasteiger partial charge in [-0.3, -0.25) is 0 Å². The maximum atomic E-state index is 12.4. The molecular weight excluding hydrogens is 159 g/mol. The lowest BCUT2D eigenvalue weighted by Crippen LogP contribution is -1.98. The molecule has 0 spiro atoms. The molecule has 1 aromatic heterocycles. The van der Waals surface area contributed by atoms with Gasteiger partial charge in [0.05, 0.1) is 6.07 Å². The third-order valence-electron chi connectivity index (χ3n) is 1.10. The summed E-state index contributed by atoms with van der Waals surface area (Å²) in [7, 11) is 0. The van der Waals surface area contributed by atoms with Crippen LogP contribution in [0.3, 0.4) is 0 Å². The lowest BCUT2D eigenvalue weighted by molar-refractivity contribution is 0.311. The second kappa shape index (κ2) is 4.29. The summed E-state index contributed by atoms with van der Waals surface area (Å²) in [5.41, 5.74) is 0. The summed E-state index contributed by atoms with van der Waals surface area (Å²) in [6.07, 6.45) is 6.56. The molecule has 0 aliphatic rings. The summed E-state index contributed by atoms with van der Waals surface area (Å²) >= 11 is 0. The molecule has 62 valence electrons. The van der Waals surface area contributed by atoms with Gasteiger partial charge in [-0.05, 0) is 0 Å². The zero-order valence-electron chi connectivity index (χ0n) is 6.33. The summed E-state index contributed by atoms with van der Waals surface area (Å²) in [6, 6.07) is 1.11. The van der Waals surface area contributed by atoms with E-state index in [4.69, 9.17) is 11.2 Å². The van der Waals surface area contributed by atoms with Crippen molar-refractivity contribution in [3.05, 3.63) is 18.3 Å². The van der Waals surface area contributed by atoms with Crippen molar-refractivity contribution in [1.29, 1.82) is 0 Å². The van der Waals surface area contributed by atoms with E-state index in [-0.39, 0.29) is 5.88 Å². The molecule has 0 saturated heterocycles. The highest BCUT2D eigenvalue weighted by molar-refractivity contribution is 5.06. The molecule has 12 heavy (non-hydrogen) atoms. The van der Waals surface area contributed by atoms with Gasteiger partial charge in [0.25, 0.3) is 0 Å². The maximum absolute atomic E-state index is 12.4. The molecule has 3 nitrogen and oxygen atoms in total. The minimum Gasteiger partial charge on any atom is -0.476 e. The molecule has 1 aromatic rings. The first-order chi connectivity index (χ1) is 5.83. The number of hydrogen-bond acceptors (Lipinski definition) is 3. The van der Waals surface area contributed by atoms with Crippen molar-refractivity contribution >= 4 is 0 Å². The first-order valence-corrected chi connectivity index (χ1v) is 3.36. The quantitative estimate of drug-likeness (QED) is 0.382. The van der Waals surface area contributed by atoms with Gasteiger partial charge in [-0.25, -0.2) is 9.97 Å². The third kappa shape index (κ3) is 2.54. The summed E-state index contributed by atoms with van der Waals surface area (Å²) in [4.78, 5) is 6.94. The molecule has 0 aliphatic heterocycles. The molecule has 0 radical (unpaired) electrons. The van der Waals surface area contributed by atoms with Gasteiger partial charge in [0.15, 0.2) is 0 Å². The lowest BCUT2D eigenvalue weighted by atomic mass is 10.5. The van der Waals surface area contributed by atoms with Gasteiger partial charge < -0.3 is 4.74 Å². The fraction of sp³-hybridized carbons (Fsp3) is 0.250. The lowest BCUT2D eigenvalue weighted by Gasteiger charge is -2.00. The van der Waals surface area contributed by atoms with Gasteiger partial charge in [0.1, 0.15) is 12.9 Å². The predicted molar refractivity (Wildman–Crippen MR) is 40.9 cm³/mol. The van der Waals surface area contributed by atoms with Crippen LogP contribution >= 0.6 is 0 Å². The highest BCUT2D eigenvalue weighted by atomic mass is 19.1. The Balaban J connectivity index is 2.48. The van der Waals surface area contributed by atoms with Crippen LogP contribution in [-0.4, -0.2) is 16.6 Å². The fourth-order valence-corrected chi connectivity index (χ4v) is 0.611. The van der Waals surface area contributed by atoms with Gasteiger partial charge in [0.2, 0.25) is 11.8 Å². The van der Waals surface area contributed by atoms with Crippen LogP contribution in [-0.2, 0) is 0 Å². The number of rotatable bonds is 3. The summed E-state index contributed by atoms with van der Waals surface area (Å²) in [5.74, 6) is 1.99. The first-order valence-electron chi connectivity index (χ1n) is 3.36. The average Bonchev–Trinajstić information content (AvgIpc) is 2.05. The Hall–Kier alpha value is -1.63. The molecule has 1 rings (SSSR count). The van der Waals surface area contributed by atoms with Crippen LogP contribution in [0.4, 0.5) is 4.39 Å². The first kappa shape index (κ1) is 8.47. The number of ether oxygens (including phenoxy) is 1.